The molecular formula is C14H15FN5O3S+. The highest BCUT2D eigenvalue weighted by molar-refractivity contribution is 7.98. The van der Waals surface area contributed by atoms with Gasteiger partial charge in [0.1, 0.15) is 5.82 Å². The van der Waals surface area contributed by atoms with Crippen molar-refractivity contribution < 1.29 is 19.3 Å². The van der Waals surface area contributed by atoms with Crippen LogP contribution in [0.3, 0.4) is 0 Å². The minimum Gasteiger partial charge on any atom is -0.477 e. The first kappa shape index (κ1) is 17.3. The molecule has 0 bridgehead atoms. The topological polar surface area (TPSA) is 148 Å². The Morgan fingerprint density at radius 3 is 2.75 bits per heavy atom. The van der Waals surface area contributed by atoms with Crippen molar-refractivity contribution in [1.29, 1.82) is 0 Å². The number of H-pyrrole nitrogens is 2. The maximum Gasteiger partial charge on any atom is 0.352 e. The van der Waals surface area contributed by atoms with Crippen molar-refractivity contribution >= 4 is 29.1 Å². The molecule has 126 valence electrons. The second-order valence-corrected chi connectivity index (χ2v) is 5.42. The molecule has 0 spiro atoms. The van der Waals surface area contributed by atoms with Crippen molar-refractivity contribution in [2.45, 2.75) is 5.16 Å². The standard InChI is InChI=1S/C14H14FN5O3S/c1-24-14-19-12(22)10(13(23)20-14)11(21)18-6-2-3-7(8(15)4-6)9(17)5-16/h2-5H,16-17H2,1H3,(H,18,21)(H2,19,20,22,23)/p+1. The Morgan fingerprint density at radius 1 is 1.50 bits per heavy atom. The number of halogens is 1. The average Bonchev–Trinajstić information content (AvgIpc) is 2.53. The van der Waals surface area contributed by atoms with Crippen LogP contribution < -0.4 is 27.3 Å². The smallest absolute Gasteiger partial charge is 0.352 e. The molecule has 2 aromatic rings. The number of carbonyl (C=O) groups excluding carboxylic acids is 1. The number of hydrogen-bond acceptors (Lipinski definition) is 6. The van der Waals surface area contributed by atoms with Gasteiger partial charge in [-0.15, -0.1) is 0 Å². The Labute approximate surface area is 139 Å². The number of hydrogen-bond donors (Lipinski definition) is 5. The highest BCUT2D eigenvalue weighted by atomic mass is 32.2. The Morgan fingerprint density at radius 2 is 2.21 bits per heavy atom. The van der Waals surface area contributed by atoms with Crippen LogP contribution in [0.25, 0.3) is 5.70 Å². The number of anilines is 1. The van der Waals surface area contributed by atoms with Crippen molar-refractivity contribution in [3.05, 3.63) is 51.7 Å². The van der Waals surface area contributed by atoms with Gasteiger partial charge in [-0.3, -0.25) is 4.79 Å². The minimum atomic E-state index is -0.896. The van der Waals surface area contributed by atoms with E-state index in [1.54, 1.807) is 6.26 Å². The highest BCUT2D eigenvalue weighted by Crippen LogP contribution is 2.19. The molecule has 0 saturated carbocycles. The number of aromatic amines is 2. The quantitative estimate of drug-likeness (QED) is 0.393. The van der Waals surface area contributed by atoms with E-state index >= 15 is 0 Å². The minimum absolute atomic E-state index is 0.0433. The first-order valence-corrected chi connectivity index (χ1v) is 7.81. The Hall–Kier alpha value is -3.01. The second kappa shape index (κ2) is 7.04. The Balaban J connectivity index is 2.31. The van der Waals surface area contributed by atoms with Crippen LogP contribution in [0.4, 0.5) is 10.1 Å². The molecule has 1 aromatic carbocycles. The van der Waals surface area contributed by atoms with Crippen molar-refractivity contribution in [3.8, 4) is 5.88 Å². The third-order valence-electron chi connectivity index (χ3n) is 3.07. The summed E-state index contributed by atoms with van der Waals surface area (Å²) in [5.41, 5.74) is 9.67. The van der Waals surface area contributed by atoms with Crippen LogP contribution in [0.15, 0.2) is 34.4 Å². The van der Waals surface area contributed by atoms with Gasteiger partial charge in [0.25, 0.3) is 5.91 Å². The average molecular weight is 352 g/mol. The predicted molar refractivity (Wildman–Crippen MR) is 87.8 cm³/mol. The summed E-state index contributed by atoms with van der Waals surface area (Å²) >= 11 is 1.15. The molecule has 1 aromatic heterocycles. The number of nitrogens with two attached hydrogens (primary N) is 2. The molecule has 0 aliphatic carbocycles. The van der Waals surface area contributed by atoms with E-state index in [1.165, 1.54) is 12.1 Å². The SMILES string of the molecule is CSc1[nH]c(=O)c(C(=O)Nc2ccc(C(N)=CN)c(F)c2)c(O)[nH+]1. The van der Waals surface area contributed by atoms with Gasteiger partial charge in [0.2, 0.25) is 5.56 Å². The fourth-order valence-electron chi connectivity index (χ4n) is 1.90. The van der Waals surface area contributed by atoms with Gasteiger partial charge in [0.15, 0.2) is 0 Å². The number of carbonyl (C=O) groups is 1. The van der Waals surface area contributed by atoms with Gasteiger partial charge in [0, 0.05) is 17.5 Å². The van der Waals surface area contributed by atoms with Crippen molar-refractivity contribution in [1.82, 2.24) is 4.98 Å². The van der Waals surface area contributed by atoms with Gasteiger partial charge in [-0.2, -0.15) is 4.98 Å². The summed E-state index contributed by atoms with van der Waals surface area (Å²) < 4.78 is 13.9. The first-order chi connectivity index (χ1) is 11.4. The summed E-state index contributed by atoms with van der Waals surface area (Å²) in [6, 6.07) is 3.74. The molecule has 8 nitrogen and oxygen atoms in total. The van der Waals surface area contributed by atoms with Gasteiger partial charge < -0.3 is 21.9 Å². The first-order valence-electron chi connectivity index (χ1n) is 6.58. The zero-order valence-electron chi connectivity index (χ0n) is 12.5. The molecule has 0 aliphatic rings. The van der Waals surface area contributed by atoms with E-state index < -0.39 is 28.7 Å². The largest absolute Gasteiger partial charge is 0.477 e. The van der Waals surface area contributed by atoms with Gasteiger partial charge in [-0.05, 0) is 36.2 Å². The molecule has 0 unspecified atom stereocenters. The van der Waals surface area contributed by atoms with E-state index in [9.17, 15) is 19.1 Å². The monoisotopic (exact) mass is 352 g/mol. The van der Waals surface area contributed by atoms with Crippen molar-refractivity contribution in [3.63, 3.8) is 0 Å². The molecule has 2 rings (SSSR count). The van der Waals surface area contributed by atoms with E-state index in [2.05, 4.69) is 15.3 Å². The number of aromatic hydroxyl groups is 1. The third-order valence-corrected chi connectivity index (χ3v) is 3.68. The molecule has 0 radical (unpaired) electrons. The van der Waals surface area contributed by atoms with Crippen molar-refractivity contribution in [2.75, 3.05) is 11.6 Å². The fourth-order valence-corrected chi connectivity index (χ4v) is 2.29. The van der Waals surface area contributed by atoms with Crippen LogP contribution in [-0.2, 0) is 0 Å². The zero-order valence-corrected chi connectivity index (χ0v) is 13.3. The highest BCUT2D eigenvalue weighted by Gasteiger charge is 2.23. The maximum absolute atomic E-state index is 13.9. The Kier molecular flexibility index (Phi) is 5.09. The molecule has 8 N–H and O–H groups in total. The molecule has 0 atom stereocenters. The van der Waals surface area contributed by atoms with E-state index in [0.29, 0.717) is 0 Å². The lowest BCUT2D eigenvalue weighted by Crippen LogP contribution is -2.29. The molecule has 0 saturated heterocycles. The van der Waals surface area contributed by atoms with E-state index in [4.69, 9.17) is 11.5 Å². The summed E-state index contributed by atoms with van der Waals surface area (Å²) in [6.45, 7) is 0. The lowest BCUT2D eigenvalue weighted by molar-refractivity contribution is -0.447. The number of rotatable bonds is 4. The lowest BCUT2D eigenvalue weighted by Gasteiger charge is -2.07. The molecule has 0 fully saturated rings. The molecule has 1 amide bonds. The fraction of sp³-hybridized carbons (Fsp3) is 0.0714. The molecule has 1 heterocycles. The van der Waals surface area contributed by atoms with E-state index in [0.717, 1.165) is 24.0 Å². The molecule has 24 heavy (non-hydrogen) atoms. The van der Waals surface area contributed by atoms with Gasteiger partial charge in [-0.25, -0.2) is 14.2 Å². The van der Waals surface area contributed by atoms with Crippen molar-refractivity contribution in [2.24, 2.45) is 11.5 Å². The van der Waals surface area contributed by atoms with Crippen LogP contribution in [0, 0.1) is 5.82 Å². The van der Waals surface area contributed by atoms with Gasteiger partial charge in [0.05, 0.1) is 5.70 Å². The Bertz CT molecular complexity index is 881. The third kappa shape index (κ3) is 3.49. The molecular weight excluding hydrogens is 337 g/mol. The van der Waals surface area contributed by atoms with Crippen LogP contribution in [0.5, 0.6) is 5.88 Å². The van der Waals surface area contributed by atoms with Crippen LogP contribution in [0.2, 0.25) is 0 Å². The zero-order chi connectivity index (χ0) is 17.9. The molecule has 0 aliphatic heterocycles. The second-order valence-electron chi connectivity index (χ2n) is 4.61. The normalized spacial score (nSPS) is 11.3. The summed E-state index contributed by atoms with van der Waals surface area (Å²) in [7, 11) is 0. The van der Waals surface area contributed by atoms with Gasteiger partial charge >= 0.3 is 16.6 Å². The van der Waals surface area contributed by atoms with E-state index in [1.807, 2.05) is 0 Å². The number of amides is 1. The number of thioether (sulfide) groups is 1. The summed E-state index contributed by atoms with van der Waals surface area (Å²) in [5, 5.41) is 12.4. The van der Waals surface area contributed by atoms with Crippen LogP contribution in [0.1, 0.15) is 15.9 Å². The summed E-state index contributed by atoms with van der Waals surface area (Å²) in [4.78, 5) is 28.9. The summed E-state index contributed by atoms with van der Waals surface area (Å²) in [5.74, 6) is -2.19. The number of nitrogens with one attached hydrogen (secondary N) is 3. The lowest BCUT2D eigenvalue weighted by atomic mass is 10.1. The maximum atomic E-state index is 13.9. The number of aromatic nitrogens is 2. The summed E-state index contributed by atoms with van der Waals surface area (Å²) in [6.07, 6.45) is 2.73. The predicted octanol–water partition coefficient (Wildman–Crippen LogP) is 0.224. The van der Waals surface area contributed by atoms with Gasteiger partial charge in [-0.1, -0.05) is 0 Å². The van der Waals surface area contributed by atoms with Crippen LogP contribution in [-0.4, -0.2) is 22.3 Å². The van der Waals surface area contributed by atoms with E-state index in [-0.39, 0.29) is 22.1 Å². The van der Waals surface area contributed by atoms with Crippen LogP contribution >= 0.6 is 11.8 Å². The molecule has 10 heteroatoms. The number of benzene rings is 1.